The second-order valence-electron chi connectivity index (χ2n) is 6.09. The number of nitrogens with one attached hydrogen (secondary N) is 2. The van der Waals surface area contributed by atoms with E-state index in [0.717, 1.165) is 23.8 Å². The molecule has 146 valence electrons. The molecular formula is C20H25F2N3O2. The van der Waals surface area contributed by atoms with Gasteiger partial charge in [-0.05, 0) is 49.7 Å². The molecule has 0 heterocycles. The number of aryl methyl sites for hydroxylation is 1. The summed E-state index contributed by atoms with van der Waals surface area (Å²) in [5.74, 6) is 0.0674. The molecule has 3 N–H and O–H groups in total. The van der Waals surface area contributed by atoms with Crippen LogP contribution in [-0.2, 0) is 6.54 Å². The molecule has 0 amide bonds. The lowest BCUT2D eigenvalue weighted by atomic mass is 10.2. The van der Waals surface area contributed by atoms with E-state index in [1.165, 1.54) is 0 Å². The van der Waals surface area contributed by atoms with E-state index in [2.05, 4.69) is 15.6 Å². The van der Waals surface area contributed by atoms with Crippen LogP contribution in [0.15, 0.2) is 47.5 Å². The molecule has 0 spiro atoms. The number of aliphatic hydroxyl groups is 1. The Morgan fingerprint density at radius 1 is 1.19 bits per heavy atom. The average Bonchev–Trinajstić information content (AvgIpc) is 2.65. The average molecular weight is 377 g/mol. The number of hydrogen-bond donors (Lipinski definition) is 3. The molecule has 1 unspecified atom stereocenters. The van der Waals surface area contributed by atoms with E-state index in [0.29, 0.717) is 18.3 Å². The molecule has 0 aliphatic rings. The number of aliphatic imine (C=N–C) groups is 1. The zero-order valence-electron chi connectivity index (χ0n) is 15.5. The van der Waals surface area contributed by atoms with Gasteiger partial charge in [-0.3, -0.25) is 0 Å². The quantitative estimate of drug-likeness (QED) is 0.489. The summed E-state index contributed by atoms with van der Waals surface area (Å²) in [7, 11) is 0. The number of rotatable bonds is 8. The molecule has 0 saturated carbocycles. The van der Waals surface area contributed by atoms with Crippen LogP contribution < -0.4 is 15.4 Å². The summed E-state index contributed by atoms with van der Waals surface area (Å²) in [5, 5.41) is 16.0. The Labute approximate surface area is 158 Å². The van der Waals surface area contributed by atoms with Crippen LogP contribution in [-0.4, -0.2) is 36.9 Å². The van der Waals surface area contributed by atoms with Gasteiger partial charge in [-0.25, -0.2) is 13.8 Å². The fraction of sp³-hybridized carbons (Fsp3) is 0.350. The van der Waals surface area contributed by atoms with Crippen LogP contribution in [0.3, 0.4) is 0 Å². The molecule has 0 aromatic heterocycles. The van der Waals surface area contributed by atoms with Crippen LogP contribution >= 0.6 is 0 Å². The second kappa shape index (κ2) is 10.5. The van der Waals surface area contributed by atoms with Gasteiger partial charge in [-0.2, -0.15) is 0 Å². The summed E-state index contributed by atoms with van der Waals surface area (Å²) in [4.78, 5) is 4.22. The first kappa shape index (κ1) is 20.6. The number of halogens is 2. The standard InChI is InChI=1S/C20H25F2N3O2/c1-3-23-20(24-11-15-10-16(21)7-8-19(15)22)25-12-17(26)13-27-18-6-4-5-14(2)9-18/h4-10,17,26H,3,11-13H2,1-2H3,(H2,23,24,25). The van der Waals surface area contributed by atoms with Crippen molar-refractivity contribution >= 4 is 5.96 Å². The zero-order valence-corrected chi connectivity index (χ0v) is 15.5. The maximum absolute atomic E-state index is 13.7. The Bertz CT molecular complexity index is 769. The number of aliphatic hydroxyl groups excluding tert-OH is 1. The van der Waals surface area contributed by atoms with E-state index in [-0.39, 0.29) is 25.3 Å². The molecule has 27 heavy (non-hydrogen) atoms. The van der Waals surface area contributed by atoms with Crippen LogP contribution in [0, 0.1) is 18.6 Å². The molecular weight excluding hydrogens is 352 g/mol. The summed E-state index contributed by atoms with van der Waals surface area (Å²) >= 11 is 0. The van der Waals surface area contributed by atoms with Crippen molar-refractivity contribution in [3.05, 3.63) is 65.2 Å². The monoisotopic (exact) mass is 377 g/mol. The van der Waals surface area contributed by atoms with E-state index >= 15 is 0 Å². The smallest absolute Gasteiger partial charge is 0.191 e. The minimum atomic E-state index is -0.764. The van der Waals surface area contributed by atoms with E-state index in [1.807, 2.05) is 38.1 Å². The molecule has 2 aromatic rings. The minimum Gasteiger partial charge on any atom is -0.491 e. The van der Waals surface area contributed by atoms with Crippen LogP contribution in [0.5, 0.6) is 5.75 Å². The highest BCUT2D eigenvalue weighted by molar-refractivity contribution is 5.79. The SMILES string of the molecule is CCNC(=NCc1cc(F)ccc1F)NCC(O)COc1cccc(C)c1. The van der Waals surface area contributed by atoms with Crippen molar-refractivity contribution in [1.82, 2.24) is 10.6 Å². The third kappa shape index (κ3) is 7.22. The number of benzene rings is 2. The van der Waals surface area contributed by atoms with Crippen molar-refractivity contribution < 1.29 is 18.6 Å². The van der Waals surface area contributed by atoms with Gasteiger partial charge in [0.2, 0.25) is 0 Å². The molecule has 2 rings (SSSR count). The predicted molar refractivity (Wildman–Crippen MR) is 102 cm³/mol. The van der Waals surface area contributed by atoms with Gasteiger partial charge in [0.1, 0.15) is 30.1 Å². The molecule has 1 atom stereocenters. The lowest BCUT2D eigenvalue weighted by molar-refractivity contribution is 0.110. The maximum atomic E-state index is 13.7. The van der Waals surface area contributed by atoms with Crippen molar-refractivity contribution in [1.29, 1.82) is 0 Å². The molecule has 2 aromatic carbocycles. The number of hydrogen-bond acceptors (Lipinski definition) is 3. The Balaban J connectivity index is 1.86. The second-order valence-corrected chi connectivity index (χ2v) is 6.09. The summed E-state index contributed by atoms with van der Waals surface area (Å²) in [6.07, 6.45) is -0.764. The topological polar surface area (TPSA) is 65.9 Å². The molecule has 0 radical (unpaired) electrons. The number of nitrogens with zero attached hydrogens (tertiary/aromatic N) is 1. The molecule has 5 nitrogen and oxygen atoms in total. The first-order valence-electron chi connectivity index (χ1n) is 8.81. The molecule has 0 aliphatic carbocycles. The van der Waals surface area contributed by atoms with Crippen LogP contribution in [0.2, 0.25) is 0 Å². The van der Waals surface area contributed by atoms with Crippen molar-refractivity contribution in [3.8, 4) is 5.75 Å². The fourth-order valence-corrected chi connectivity index (χ4v) is 2.34. The molecule has 0 aliphatic heterocycles. The molecule has 0 fully saturated rings. The third-order valence-electron chi connectivity index (χ3n) is 3.70. The first-order valence-corrected chi connectivity index (χ1v) is 8.81. The van der Waals surface area contributed by atoms with E-state index < -0.39 is 17.7 Å². The van der Waals surface area contributed by atoms with Gasteiger partial charge in [-0.1, -0.05) is 12.1 Å². The highest BCUT2D eigenvalue weighted by Gasteiger charge is 2.08. The lowest BCUT2D eigenvalue weighted by Crippen LogP contribution is -2.42. The van der Waals surface area contributed by atoms with Crippen LogP contribution in [0.25, 0.3) is 0 Å². The Morgan fingerprint density at radius 3 is 2.74 bits per heavy atom. The lowest BCUT2D eigenvalue weighted by Gasteiger charge is -2.16. The van der Waals surface area contributed by atoms with Crippen LogP contribution in [0.4, 0.5) is 8.78 Å². The van der Waals surface area contributed by atoms with Crippen molar-refractivity contribution in [2.75, 3.05) is 19.7 Å². The molecule has 0 saturated heterocycles. The largest absolute Gasteiger partial charge is 0.491 e. The van der Waals surface area contributed by atoms with Gasteiger partial charge < -0.3 is 20.5 Å². The Kier molecular flexibility index (Phi) is 8.00. The van der Waals surface area contributed by atoms with Gasteiger partial charge in [0, 0.05) is 18.7 Å². The highest BCUT2D eigenvalue weighted by Crippen LogP contribution is 2.12. The van der Waals surface area contributed by atoms with Crippen molar-refractivity contribution in [2.24, 2.45) is 4.99 Å². The number of ether oxygens (including phenoxy) is 1. The Hall–Kier alpha value is -2.67. The summed E-state index contributed by atoms with van der Waals surface area (Å²) < 4.78 is 32.5. The van der Waals surface area contributed by atoms with Gasteiger partial charge in [0.05, 0.1) is 6.54 Å². The van der Waals surface area contributed by atoms with Gasteiger partial charge >= 0.3 is 0 Å². The summed E-state index contributed by atoms with van der Waals surface area (Å²) in [5.41, 5.74) is 1.24. The van der Waals surface area contributed by atoms with Gasteiger partial charge in [0.25, 0.3) is 0 Å². The first-order chi connectivity index (χ1) is 13.0. The Morgan fingerprint density at radius 2 is 2.00 bits per heavy atom. The van der Waals surface area contributed by atoms with Crippen molar-refractivity contribution in [3.63, 3.8) is 0 Å². The maximum Gasteiger partial charge on any atom is 0.191 e. The number of guanidine groups is 1. The van der Waals surface area contributed by atoms with Crippen LogP contribution in [0.1, 0.15) is 18.1 Å². The van der Waals surface area contributed by atoms with Gasteiger partial charge in [0.15, 0.2) is 5.96 Å². The highest BCUT2D eigenvalue weighted by atomic mass is 19.1. The van der Waals surface area contributed by atoms with E-state index in [1.54, 1.807) is 0 Å². The zero-order chi connectivity index (χ0) is 19.6. The van der Waals surface area contributed by atoms with E-state index in [9.17, 15) is 13.9 Å². The van der Waals surface area contributed by atoms with Crippen molar-refractivity contribution in [2.45, 2.75) is 26.5 Å². The minimum absolute atomic E-state index is 0.0190. The normalized spacial score (nSPS) is 12.6. The van der Waals surface area contributed by atoms with E-state index in [4.69, 9.17) is 4.74 Å². The van der Waals surface area contributed by atoms with Gasteiger partial charge in [-0.15, -0.1) is 0 Å². The molecule has 7 heteroatoms. The summed E-state index contributed by atoms with van der Waals surface area (Å²) in [6, 6.07) is 10.8. The fourth-order valence-electron chi connectivity index (χ4n) is 2.34. The predicted octanol–water partition coefficient (Wildman–Crippen LogP) is 2.77. The third-order valence-corrected chi connectivity index (χ3v) is 3.70. The molecule has 0 bridgehead atoms. The summed E-state index contributed by atoms with van der Waals surface area (Å²) in [6.45, 7) is 4.74.